The first-order valence-electron chi connectivity index (χ1n) is 3.92. The molecule has 1 aliphatic carbocycles. The van der Waals surface area contributed by atoms with Gasteiger partial charge in [-0.1, -0.05) is 0 Å². The van der Waals surface area contributed by atoms with Gasteiger partial charge in [0.15, 0.2) is 0 Å². The molecule has 4 heteroatoms. The van der Waals surface area contributed by atoms with Gasteiger partial charge < -0.3 is 16.2 Å². The van der Waals surface area contributed by atoms with Crippen LogP contribution in [0.2, 0.25) is 0 Å². The van der Waals surface area contributed by atoms with Gasteiger partial charge in [0.1, 0.15) is 0 Å². The molecule has 0 bridgehead atoms. The highest BCUT2D eigenvalue weighted by atomic mass is 16.3. The predicted molar refractivity (Wildman–Crippen MR) is 41.0 cm³/mol. The molecular formula is C7H14N2O2. The van der Waals surface area contributed by atoms with E-state index in [-0.39, 0.29) is 12.1 Å². The number of aliphatic hydroxyl groups is 1. The van der Waals surface area contributed by atoms with Gasteiger partial charge in [-0.05, 0) is 25.7 Å². The molecule has 0 saturated heterocycles. The number of hydrogen-bond donors (Lipinski definition) is 3. The Morgan fingerprint density at radius 3 is 2.82 bits per heavy atom. The Hall–Kier alpha value is -0.770. The third kappa shape index (κ3) is 2.76. The maximum Gasteiger partial charge on any atom is 0.312 e. The zero-order valence-corrected chi connectivity index (χ0v) is 6.42. The smallest absolute Gasteiger partial charge is 0.312 e. The van der Waals surface area contributed by atoms with Crippen LogP contribution in [0.1, 0.15) is 25.7 Å². The normalized spacial score (nSPS) is 31.4. The lowest BCUT2D eigenvalue weighted by Crippen LogP contribution is -2.42. The molecule has 1 saturated carbocycles. The number of amides is 2. The second kappa shape index (κ2) is 3.57. The molecule has 0 aliphatic heterocycles. The van der Waals surface area contributed by atoms with Crippen LogP contribution < -0.4 is 11.1 Å². The molecule has 2 atom stereocenters. The van der Waals surface area contributed by atoms with Gasteiger partial charge in [-0.25, -0.2) is 4.79 Å². The van der Waals surface area contributed by atoms with Crippen LogP contribution in [0.5, 0.6) is 0 Å². The Morgan fingerprint density at radius 2 is 2.27 bits per heavy atom. The minimum atomic E-state index is -0.496. The summed E-state index contributed by atoms with van der Waals surface area (Å²) in [5, 5.41) is 11.8. The number of carbonyl (C=O) groups is 1. The minimum Gasteiger partial charge on any atom is -0.393 e. The molecular weight excluding hydrogens is 144 g/mol. The van der Waals surface area contributed by atoms with E-state index < -0.39 is 6.03 Å². The van der Waals surface area contributed by atoms with Gasteiger partial charge in [-0.2, -0.15) is 0 Å². The Kier molecular flexibility index (Phi) is 2.70. The first-order valence-corrected chi connectivity index (χ1v) is 3.92. The third-order valence-corrected chi connectivity index (χ3v) is 1.99. The highest BCUT2D eigenvalue weighted by Gasteiger charge is 2.20. The van der Waals surface area contributed by atoms with Crippen molar-refractivity contribution in [1.29, 1.82) is 0 Å². The molecule has 64 valence electrons. The first-order chi connectivity index (χ1) is 5.18. The number of primary amides is 1. The molecule has 0 aromatic rings. The van der Waals surface area contributed by atoms with E-state index in [1.165, 1.54) is 0 Å². The lowest BCUT2D eigenvalue weighted by Gasteiger charge is -2.25. The van der Waals surface area contributed by atoms with Crippen LogP contribution in [-0.4, -0.2) is 23.3 Å². The largest absolute Gasteiger partial charge is 0.393 e. The van der Waals surface area contributed by atoms with E-state index in [0.29, 0.717) is 6.42 Å². The van der Waals surface area contributed by atoms with E-state index in [4.69, 9.17) is 5.73 Å². The maximum atomic E-state index is 10.4. The third-order valence-electron chi connectivity index (χ3n) is 1.99. The van der Waals surface area contributed by atoms with Crippen molar-refractivity contribution in [3.63, 3.8) is 0 Å². The fourth-order valence-electron chi connectivity index (χ4n) is 1.50. The van der Waals surface area contributed by atoms with Crippen LogP contribution in [0, 0.1) is 0 Å². The molecule has 4 nitrogen and oxygen atoms in total. The van der Waals surface area contributed by atoms with E-state index >= 15 is 0 Å². The van der Waals surface area contributed by atoms with Crippen molar-refractivity contribution in [2.45, 2.75) is 37.8 Å². The zero-order valence-electron chi connectivity index (χ0n) is 6.42. The van der Waals surface area contributed by atoms with Crippen molar-refractivity contribution in [3.8, 4) is 0 Å². The SMILES string of the molecule is NC(=O)N[C@H]1CCC[C@@H](O)C1. The van der Waals surface area contributed by atoms with Crippen molar-refractivity contribution in [3.05, 3.63) is 0 Å². The highest BCUT2D eigenvalue weighted by Crippen LogP contribution is 2.17. The van der Waals surface area contributed by atoms with Gasteiger partial charge in [-0.15, -0.1) is 0 Å². The quantitative estimate of drug-likeness (QED) is 0.500. The minimum absolute atomic E-state index is 0.0799. The summed E-state index contributed by atoms with van der Waals surface area (Å²) in [5.74, 6) is 0. The molecule has 4 N–H and O–H groups in total. The average Bonchev–Trinajstić information content (AvgIpc) is 1.85. The van der Waals surface area contributed by atoms with Gasteiger partial charge >= 0.3 is 6.03 Å². The number of urea groups is 1. The Bertz CT molecular complexity index is 149. The molecule has 0 spiro atoms. The van der Waals surface area contributed by atoms with Crippen LogP contribution >= 0.6 is 0 Å². The molecule has 0 heterocycles. The van der Waals surface area contributed by atoms with Gasteiger partial charge in [0, 0.05) is 6.04 Å². The van der Waals surface area contributed by atoms with E-state index in [1.807, 2.05) is 0 Å². The van der Waals surface area contributed by atoms with Crippen molar-refractivity contribution in [2.75, 3.05) is 0 Å². The van der Waals surface area contributed by atoms with Crippen molar-refractivity contribution in [1.82, 2.24) is 5.32 Å². The van der Waals surface area contributed by atoms with Gasteiger partial charge in [-0.3, -0.25) is 0 Å². The summed E-state index contributed by atoms with van der Waals surface area (Å²) < 4.78 is 0. The van der Waals surface area contributed by atoms with E-state index in [2.05, 4.69) is 5.32 Å². The van der Waals surface area contributed by atoms with Crippen LogP contribution in [0.3, 0.4) is 0 Å². The van der Waals surface area contributed by atoms with Crippen LogP contribution in [0.15, 0.2) is 0 Å². The summed E-state index contributed by atoms with van der Waals surface area (Å²) in [6.45, 7) is 0. The summed E-state index contributed by atoms with van der Waals surface area (Å²) in [6, 6.07) is -0.416. The molecule has 0 unspecified atom stereocenters. The molecule has 0 aromatic heterocycles. The van der Waals surface area contributed by atoms with E-state index in [0.717, 1.165) is 19.3 Å². The number of aliphatic hydroxyl groups excluding tert-OH is 1. The second-order valence-electron chi connectivity index (χ2n) is 3.03. The average molecular weight is 158 g/mol. The van der Waals surface area contributed by atoms with Gasteiger partial charge in [0.2, 0.25) is 0 Å². The van der Waals surface area contributed by atoms with Crippen LogP contribution in [-0.2, 0) is 0 Å². The lowest BCUT2D eigenvalue weighted by molar-refractivity contribution is 0.114. The summed E-state index contributed by atoms with van der Waals surface area (Å²) >= 11 is 0. The van der Waals surface area contributed by atoms with E-state index in [9.17, 15) is 9.90 Å². The Morgan fingerprint density at radius 1 is 1.55 bits per heavy atom. The Balaban J connectivity index is 2.28. The van der Waals surface area contributed by atoms with Crippen molar-refractivity contribution >= 4 is 6.03 Å². The Labute approximate surface area is 65.8 Å². The lowest BCUT2D eigenvalue weighted by atomic mass is 9.93. The summed E-state index contributed by atoms with van der Waals surface area (Å²) in [4.78, 5) is 10.4. The molecule has 11 heavy (non-hydrogen) atoms. The monoisotopic (exact) mass is 158 g/mol. The highest BCUT2D eigenvalue weighted by molar-refractivity contribution is 5.71. The number of rotatable bonds is 1. The zero-order chi connectivity index (χ0) is 8.27. The number of nitrogens with one attached hydrogen (secondary N) is 1. The van der Waals surface area contributed by atoms with Crippen molar-refractivity contribution in [2.24, 2.45) is 5.73 Å². The predicted octanol–water partition coefficient (Wildman–Crippen LogP) is -0.0418. The standard InChI is InChI=1S/C7H14N2O2/c8-7(11)9-5-2-1-3-6(10)4-5/h5-6,10H,1-4H2,(H3,8,9,11)/t5-,6+/m0/s1. The summed E-state index contributed by atoms with van der Waals surface area (Å²) in [5.41, 5.74) is 4.94. The molecule has 1 aliphatic rings. The summed E-state index contributed by atoms with van der Waals surface area (Å²) in [6.07, 6.45) is 3.12. The second-order valence-corrected chi connectivity index (χ2v) is 3.03. The van der Waals surface area contributed by atoms with E-state index in [1.54, 1.807) is 0 Å². The van der Waals surface area contributed by atoms with Gasteiger partial charge in [0.05, 0.1) is 6.10 Å². The fraction of sp³-hybridized carbons (Fsp3) is 0.857. The molecule has 0 radical (unpaired) electrons. The molecule has 2 amide bonds. The molecule has 0 aromatic carbocycles. The van der Waals surface area contributed by atoms with Crippen LogP contribution in [0.25, 0.3) is 0 Å². The maximum absolute atomic E-state index is 10.4. The number of hydrogen-bond acceptors (Lipinski definition) is 2. The van der Waals surface area contributed by atoms with Crippen molar-refractivity contribution < 1.29 is 9.90 Å². The molecule has 1 rings (SSSR count). The van der Waals surface area contributed by atoms with Crippen LogP contribution in [0.4, 0.5) is 4.79 Å². The number of carbonyl (C=O) groups excluding carboxylic acids is 1. The molecule has 1 fully saturated rings. The number of nitrogens with two attached hydrogens (primary N) is 1. The fourth-order valence-corrected chi connectivity index (χ4v) is 1.50. The first kappa shape index (κ1) is 8.33. The van der Waals surface area contributed by atoms with Gasteiger partial charge in [0.25, 0.3) is 0 Å². The topological polar surface area (TPSA) is 75.4 Å². The summed E-state index contributed by atoms with van der Waals surface area (Å²) in [7, 11) is 0.